The maximum atomic E-state index is 12.6. The average Bonchev–Trinajstić information content (AvgIpc) is 3.10. The lowest BCUT2D eigenvalue weighted by Crippen LogP contribution is -2.52. The molecular weight excluding hydrogens is 434 g/mol. The maximum Gasteiger partial charge on any atom is 0.407 e. The molecule has 1 unspecified atom stereocenters. The van der Waals surface area contributed by atoms with Gasteiger partial charge in [0, 0.05) is 12.3 Å². The molecule has 176 valence electrons. The van der Waals surface area contributed by atoms with Gasteiger partial charge in [0.1, 0.15) is 18.7 Å². The number of fused-ring (bicyclic) bond motifs is 3. The van der Waals surface area contributed by atoms with Gasteiger partial charge >= 0.3 is 12.1 Å². The summed E-state index contributed by atoms with van der Waals surface area (Å²) >= 11 is 0. The third-order valence-electron chi connectivity index (χ3n) is 5.56. The van der Waals surface area contributed by atoms with Crippen molar-refractivity contribution < 1.29 is 33.0 Å². The summed E-state index contributed by atoms with van der Waals surface area (Å²) in [6.07, 6.45) is -4.08. The number of hydrogen-bond acceptors (Lipinski definition) is 4. The van der Waals surface area contributed by atoms with Crippen molar-refractivity contribution in [1.29, 1.82) is 0 Å². The van der Waals surface area contributed by atoms with Gasteiger partial charge in [0.25, 0.3) is 0 Å². The monoisotopic (exact) mass is 460 g/mol. The first-order valence-electron chi connectivity index (χ1n) is 10.7. The van der Waals surface area contributed by atoms with Crippen molar-refractivity contribution >= 4 is 18.0 Å². The van der Waals surface area contributed by atoms with Crippen LogP contribution < -0.4 is 10.6 Å². The summed E-state index contributed by atoms with van der Waals surface area (Å²) in [6.45, 7) is 1.82. The lowest BCUT2D eigenvalue weighted by atomic mass is 9.98. The van der Waals surface area contributed by atoms with E-state index in [1.165, 1.54) is 0 Å². The molecule has 0 radical (unpaired) electrons. The lowest BCUT2D eigenvalue weighted by molar-refractivity contribution is -0.143. The molecule has 0 fully saturated rings. The molecule has 0 saturated heterocycles. The van der Waals surface area contributed by atoms with Gasteiger partial charge in [-0.2, -0.15) is 0 Å². The molecule has 2 atom stereocenters. The van der Waals surface area contributed by atoms with Gasteiger partial charge in [0.15, 0.2) is 0 Å². The molecule has 7 nitrogen and oxygen atoms in total. The van der Waals surface area contributed by atoms with Gasteiger partial charge in [0.05, 0.1) is 0 Å². The Labute approximate surface area is 190 Å². The van der Waals surface area contributed by atoms with Gasteiger partial charge in [-0.3, -0.25) is 4.79 Å². The van der Waals surface area contributed by atoms with Crippen LogP contribution in [0, 0.1) is 0 Å². The molecule has 0 spiro atoms. The molecule has 9 heteroatoms. The minimum absolute atomic E-state index is 0.0451. The summed E-state index contributed by atoms with van der Waals surface area (Å²) in [6, 6.07) is 12.8. The number of carboxylic acid groups (broad SMARTS) is 1. The van der Waals surface area contributed by atoms with Gasteiger partial charge in [-0.05, 0) is 28.7 Å². The third-order valence-corrected chi connectivity index (χ3v) is 5.56. The van der Waals surface area contributed by atoms with Crippen molar-refractivity contribution in [2.45, 2.75) is 50.6 Å². The van der Waals surface area contributed by atoms with E-state index in [-0.39, 0.29) is 18.9 Å². The number of ether oxygens (including phenoxy) is 1. The van der Waals surface area contributed by atoms with Crippen LogP contribution in [0.4, 0.5) is 13.6 Å². The smallest absolute Gasteiger partial charge is 0.407 e. The molecule has 3 rings (SSSR count). The van der Waals surface area contributed by atoms with E-state index in [0.29, 0.717) is 6.42 Å². The van der Waals surface area contributed by atoms with Crippen LogP contribution in [0.15, 0.2) is 48.5 Å². The highest BCUT2D eigenvalue weighted by Crippen LogP contribution is 2.44. The quantitative estimate of drug-likeness (QED) is 0.499. The van der Waals surface area contributed by atoms with E-state index in [4.69, 9.17) is 9.84 Å². The summed E-state index contributed by atoms with van der Waals surface area (Å²) in [7, 11) is 0. The van der Waals surface area contributed by atoms with E-state index in [0.717, 1.165) is 22.3 Å². The van der Waals surface area contributed by atoms with E-state index >= 15 is 0 Å². The van der Waals surface area contributed by atoms with E-state index in [1.807, 2.05) is 48.5 Å². The fraction of sp³-hybridized carbons (Fsp3) is 0.375. The minimum Gasteiger partial charge on any atom is -0.480 e. The topological polar surface area (TPSA) is 105 Å². The Morgan fingerprint density at radius 1 is 0.970 bits per heavy atom. The Hall–Kier alpha value is -3.49. The van der Waals surface area contributed by atoms with Gasteiger partial charge in [-0.25, -0.2) is 18.4 Å². The zero-order valence-electron chi connectivity index (χ0n) is 18.1. The second-order valence-electron chi connectivity index (χ2n) is 7.84. The number of nitrogens with one attached hydrogen (secondary N) is 2. The minimum atomic E-state index is -2.90. The molecule has 2 aromatic carbocycles. The highest BCUT2D eigenvalue weighted by molar-refractivity contribution is 5.89. The Bertz CT molecular complexity index is 968. The SMILES string of the molecule is CCC[C@@H](NC(=O)OCC1c2ccccc2-c2ccccc21)C(=O)NC(CC(F)F)C(=O)O. The van der Waals surface area contributed by atoms with E-state index < -0.39 is 42.9 Å². The van der Waals surface area contributed by atoms with Crippen molar-refractivity contribution in [3.63, 3.8) is 0 Å². The van der Waals surface area contributed by atoms with Gasteiger partial charge in [-0.1, -0.05) is 61.9 Å². The number of carbonyl (C=O) groups excluding carboxylic acids is 2. The van der Waals surface area contributed by atoms with Crippen LogP contribution in [0.1, 0.15) is 43.2 Å². The average molecular weight is 460 g/mol. The predicted octanol–water partition coefficient (Wildman–Crippen LogP) is 3.92. The first kappa shape index (κ1) is 24.2. The molecule has 0 bridgehead atoms. The van der Waals surface area contributed by atoms with Crippen LogP contribution in [0.3, 0.4) is 0 Å². The Morgan fingerprint density at radius 2 is 1.55 bits per heavy atom. The van der Waals surface area contributed by atoms with Gasteiger partial charge in [-0.15, -0.1) is 0 Å². The summed E-state index contributed by atoms with van der Waals surface area (Å²) in [5.74, 6) is -2.58. The predicted molar refractivity (Wildman–Crippen MR) is 117 cm³/mol. The fourth-order valence-electron chi connectivity index (χ4n) is 4.01. The molecule has 0 heterocycles. The number of hydrogen-bond donors (Lipinski definition) is 3. The van der Waals surface area contributed by atoms with Gasteiger partial charge in [0.2, 0.25) is 12.3 Å². The van der Waals surface area contributed by atoms with Crippen LogP contribution in [-0.2, 0) is 14.3 Å². The molecule has 1 aliphatic carbocycles. The summed E-state index contributed by atoms with van der Waals surface area (Å²) in [4.78, 5) is 36.1. The zero-order valence-corrected chi connectivity index (χ0v) is 18.1. The maximum absolute atomic E-state index is 12.6. The number of alkyl carbamates (subject to hydrolysis) is 1. The van der Waals surface area contributed by atoms with E-state index in [9.17, 15) is 23.2 Å². The molecule has 2 aromatic rings. The first-order chi connectivity index (χ1) is 15.8. The number of aliphatic carboxylic acids is 1. The molecule has 0 saturated carbocycles. The van der Waals surface area contributed by atoms with E-state index in [2.05, 4.69) is 10.6 Å². The number of carboxylic acids is 1. The first-order valence-corrected chi connectivity index (χ1v) is 10.7. The molecule has 3 N–H and O–H groups in total. The number of alkyl halides is 2. The van der Waals surface area contributed by atoms with Crippen molar-refractivity contribution in [2.75, 3.05) is 6.61 Å². The lowest BCUT2D eigenvalue weighted by Gasteiger charge is -2.21. The number of amides is 2. The largest absolute Gasteiger partial charge is 0.480 e. The van der Waals surface area contributed by atoms with Crippen LogP contribution in [0.5, 0.6) is 0 Å². The zero-order chi connectivity index (χ0) is 24.0. The van der Waals surface area contributed by atoms with E-state index in [1.54, 1.807) is 6.92 Å². The molecular formula is C24H26F2N2O5. The van der Waals surface area contributed by atoms with Crippen molar-refractivity contribution in [3.8, 4) is 11.1 Å². The van der Waals surface area contributed by atoms with Crippen molar-refractivity contribution in [3.05, 3.63) is 59.7 Å². The molecule has 0 aliphatic heterocycles. The molecule has 0 aromatic heterocycles. The fourth-order valence-corrected chi connectivity index (χ4v) is 4.01. The summed E-state index contributed by atoms with van der Waals surface area (Å²) in [5, 5.41) is 13.6. The van der Waals surface area contributed by atoms with Crippen LogP contribution in [-0.4, -0.2) is 48.2 Å². The number of rotatable bonds is 10. The summed E-state index contributed by atoms with van der Waals surface area (Å²) < 4.78 is 30.6. The molecule has 1 aliphatic rings. The Kier molecular flexibility index (Phi) is 7.97. The van der Waals surface area contributed by atoms with Crippen LogP contribution in [0.25, 0.3) is 11.1 Å². The number of benzene rings is 2. The second-order valence-corrected chi connectivity index (χ2v) is 7.84. The number of halogens is 2. The van der Waals surface area contributed by atoms with Crippen molar-refractivity contribution in [1.82, 2.24) is 10.6 Å². The summed E-state index contributed by atoms with van der Waals surface area (Å²) in [5.41, 5.74) is 4.21. The second kappa shape index (κ2) is 10.9. The normalized spacial score (nSPS) is 14.2. The molecule has 33 heavy (non-hydrogen) atoms. The van der Waals surface area contributed by atoms with Crippen LogP contribution >= 0.6 is 0 Å². The number of carbonyl (C=O) groups is 3. The third kappa shape index (κ3) is 5.85. The molecule has 2 amide bonds. The van der Waals surface area contributed by atoms with Crippen LogP contribution in [0.2, 0.25) is 0 Å². The highest BCUT2D eigenvalue weighted by atomic mass is 19.3. The van der Waals surface area contributed by atoms with Crippen molar-refractivity contribution in [2.24, 2.45) is 0 Å². The Morgan fingerprint density at radius 3 is 2.06 bits per heavy atom. The standard InChI is InChI=1S/C24H26F2N2O5/c1-2-7-19(22(29)27-20(23(30)31)12-21(25)26)28-24(32)33-13-18-16-10-5-3-8-14(16)15-9-4-6-11-17(15)18/h3-6,8-11,18-21H,2,7,12-13H2,1H3,(H,27,29)(H,28,32)(H,30,31)/t19-,20?/m1/s1. The highest BCUT2D eigenvalue weighted by Gasteiger charge is 2.31. The Balaban J connectivity index is 1.64. The van der Waals surface area contributed by atoms with Gasteiger partial charge < -0.3 is 20.5 Å².